The molecule has 0 aromatic carbocycles. The lowest BCUT2D eigenvalue weighted by atomic mass is 10.0. The molecular weight excluding hydrogens is 714 g/mol. The first-order valence-electron chi connectivity index (χ1n) is 18.3. The highest BCUT2D eigenvalue weighted by Gasteiger charge is 2.15. The summed E-state index contributed by atoms with van der Waals surface area (Å²) in [5.41, 5.74) is 0. The molecule has 0 aromatic rings. The van der Waals surface area contributed by atoms with Gasteiger partial charge in [0.2, 0.25) is 0 Å². The summed E-state index contributed by atoms with van der Waals surface area (Å²) in [6.45, 7) is 12.6. The van der Waals surface area contributed by atoms with Crippen LogP contribution in [0.25, 0.3) is 0 Å². The van der Waals surface area contributed by atoms with Crippen LogP contribution in [0.5, 0.6) is 0 Å². The summed E-state index contributed by atoms with van der Waals surface area (Å²) in [5.74, 6) is 0. The van der Waals surface area contributed by atoms with Gasteiger partial charge in [0, 0.05) is 26.2 Å². The molecule has 1 heterocycles. The number of rotatable bonds is 30. The highest BCUT2D eigenvalue weighted by atomic mass is 127. The molecule has 244 valence electrons. The van der Waals surface area contributed by atoms with Gasteiger partial charge in [-0.3, -0.25) is 0 Å². The van der Waals surface area contributed by atoms with E-state index >= 15 is 0 Å². The van der Waals surface area contributed by atoms with Crippen molar-refractivity contribution in [3.63, 3.8) is 0 Å². The smallest absolute Gasteiger partial charge is 0.0110 e. The van der Waals surface area contributed by atoms with E-state index in [1.807, 2.05) is 0 Å². The third-order valence-electron chi connectivity index (χ3n) is 9.12. The summed E-state index contributed by atoms with van der Waals surface area (Å²) in [6, 6.07) is 0. The zero-order chi connectivity index (χ0) is 27.2. The molecule has 1 rings (SSSR count). The SMILES string of the molecule is CCCCCCCCCCCCCCCCN1CCN(CCCCCCCCCCCCCCCC)CC1.I.I. The topological polar surface area (TPSA) is 6.48 Å². The van der Waals surface area contributed by atoms with Gasteiger partial charge in [-0.2, -0.15) is 0 Å². The quantitative estimate of drug-likeness (QED) is 0.0528. The summed E-state index contributed by atoms with van der Waals surface area (Å²) in [6.07, 6.45) is 40.9. The van der Waals surface area contributed by atoms with Crippen LogP contribution in [0.1, 0.15) is 194 Å². The Morgan fingerprint density at radius 1 is 0.275 bits per heavy atom. The van der Waals surface area contributed by atoms with E-state index in [0.29, 0.717) is 0 Å². The fraction of sp³-hybridized carbons (Fsp3) is 1.00. The summed E-state index contributed by atoms with van der Waals surface area (Å²) < 4.78 is 0. The van der Waals surface area contributed by atoms with E-state index in [4.69, 9.17) is 0 Å². The molecule has 0 radical (unpaired) electrons. The van der Waals surface area contributed by atoms with Crippen LogP contribution < -0.4 is 0 Å². The van der Waals surface area contributed by atoms with E-state index in [0.717, 1.165) is 0 Å². The molecule has 1 fully saturated rings. The van der Waals surface area contributed by atoms with Crippen LogP contribution in [0.3, 0.4) is 0 Å². The van der Waals surface area contributed by atoms with E-state index in [1.165, 1.54) is 219 Å². The van der Waals surface area contributed by atoms with Gasteiger partial charge < -0.3 is 9.80 Å². The monoisotopic (exact) mass is 790 g/mol. The maximum absolute atomic E-state index is 2.74. The van der Waals surface area contributed by atoms with Gasteiger partial charge in [-0.05, 0) is 25.9 Å². The van der Waals surface area contributed by atoms with Gasteiger partial charge in [-0.15, -0.1) is 48.0 Å². The largest absolute Gasteiger partial charge is 0.301 e. The first-order valence-corrected chi connectivity index (χ1v) is 18.3. The normalized spacial score (nSPS) is 14.2. The average molecular weight is 791 g/mol. The Labute approximate surface area is 288 Å². The van der Waals surface area contributed by atoms with Crippen molar-refractivity contribution in [2.75, 3.05) is 39.3 Å². The second kappa shape index (κ2) is 36.6. The van der Waals surface area contributed by atoms with Gasteiger partial charge in [0.25, 0.3) is 0 Å². The molecule has 0 atom stereocenters. The van der Waals surface area contributed by atoms with Crippen LogP contribution >= 0.6 is 48.0 Å². The second-order valence-electron chi connectivity index (χ2n) is 12.9. The first kappa shape index (κ1) is 43.5. The second-order valence-corrected chi connectivity index (χ2v) is 12.9. The number of nitrogens with zero attached hydrogens (tertiary/aromatic N) is 2. The Kier molecular flexibility index (Phi) is 39.8. The van der Waals surface area contributed by atoms with Crippen LogP contribution in [0, 0.1) is 0 Å². The molecule has 40 heavy (non-hydrogen) atoms. The predicted molar refractivity (Wildman–Crippen MR) is 204 cm³/mol. The molecule has 0 aromatic heterocycles. The zero-order valence-electron chi connectivity index (χ0n) is 27.8. The maximum Gasteiger partial charge on any atom is 0.0110 e. The number of unbranched alkanes of at least 4 members (excludes halogenated alkanes) is 26. The first-order chi connectivity index (χ1) is 18.9. The van der Waals surface area contributed by atoms with E-state index < -0.39 is 0 Å². The lowest BCUT2D eigenvalue weighted by Gasteiger charge is -2.34. The Hall–Kier alpha value is 1.38. The molecule has 1 aliphatic heterocycles. The van der Waals surface area contributed by atoms with Gasteiger partial charge in [-0.1, -0.05) is 181 Å². The standard InChI is InChI=1S/C36H74N2.2HI/c1-3-5-7-9-11-13-15-17-19-21-23-25-27-29-31-37-33-35-38(36-34-37)32-30-28-26-24-22-20-18-16-14-12-10-8-6-4-2;;/h3-36H2,1-2H3;2*1H. The van der Waals surface area contributed by atoms with Crippen LogP contribution in [0.2, 0.25) is 0 Å². The van der Waals surface area contributed by atoms with Crippen LogP contribution in [0.4, 0.5) is 0 Å². The van der Waals surface area contributed by atoms with E-state index in [9.17, 15) is 0 Å². The Balaban J connectivity index is 0. The van der Waals surface area contributed by atoms with Gasteiger partial charge >= 0.3 is 0 Å². The van der Waals surface area contributed by atoms with E-state index in [-0.39, 0.29) is 48.0 Å². The zero-order valence-corrected chi connectivity index (χ0v) is 32.4. The third kappa shape index (κ3) is 30.8. The van der Waals surface area contributed by atoms with Crippen molar-refractivity contribution in [1.29, 1.82) is 0 Å². The van der Waals surface area contributed by atoms with Crippen molar-refractivity contribution in [3.05, 3.63) is 0 Å². The van der Waals surface area contributed by atoms with Gasteiger partial charge in [0.1, 0.15) is 0 Å². The number of hydrogen-bond donors (Lipinski definition) is 0. The molecule has 0 spiro atoms. The minimum atomic E-state index is 0. The molecule has 0 amide bonds. The Bertz CT molecular complexity index is 401. The highest BCUT2D eigenvalue weighted by molar-refractivity contribution is 14.0. The van der Waals surface area contributed by atoms with Crippen molar-refractivity contribution in [2.24, 2.45) is 0 Å². The molecule has 0 saturated carbocycles. The molecular formula is C36H76I2N2. The lowest BCUT2D eigenvalue weighted by molar-refractivity contribution is 0.129. The van der Waals surface area contributed by atoms with Crippen molar-refractivity contribution in [2.45, 2.75) is 194 Å². The molecule has 0 bridgehead atoms. The maximum atomic E-state index is 2.74. The van der Waals surface area contributed by atoms with Crippen LogP contribution in [-0.2, 0) is 0 Å². The van der Waals surface area contributed by atoms with Crippen molar-refractivity contribution in [1.82, 2.24) is 9.80 Å². The minimum absolute atomic E-state index is 0. The fourth-order valence-corrected chi connectivity index (χ4v) is 6.30. The molecule has 1 saturated heterocycles. The van der Waals surface area contributed by atoms with Crippen molar-refractivity contribution >= 4 is 48.0 Å². The molecule has 1 aliphatic rings. The summed E-state index contributed by atoms with van der Waals surface area (Å²) in [7, 11) is 0. The molecule has 0 N–H and O–H groups in total. The summed E-state index contributed by atoms with van der Waals surface area (Å²) >= 11 is 0. The van der Waals surface area contributed by atoms with Crippen molar-refractivity contribution < 1.29 is 0 Å². The Morgan fingerprint density at radius 3 is 0.650 bits per heavy atom. The molecule has 0 unspecified atom stereocenters. The van der Waals surface area contributed by atoms with Gasteiger partial charge in [0.15, 0.2) is 0 Å². The van der Waals surface area contributed by atoms with E-state index in [2.05, 4.69) is 23.6 Å². The predicted octanol–water partition coefficient (Wildman–Crippen LogP) is 12.8. The van der Waals surface area contributed by atoms with Gasteiger partial charge in [0.05, 0.1) is 0 Å². The minimum Gasteiger partial charge on any atom is -0.301 e. The number of hydrogen-bond acceptors (Lipinski definition) is 2. The molecule has 4 heteroatoms. The molecule has 0 aliphatic carbocycles. The third-order valence-corrected chi connectivity index (χ3v) is 9.12. The fourth-order valence-electron chi connectivity index (χ4n) is 6.30. The number of piperazine rings is 1. The van der Waals surface area contributed by atoms with Gasteiger partial charge in [-0.25, -0.2) is 0 Å². The Morgan fingerprint density at radius 2 is 0.450 bits per heavy atom. The van der Waals surface area contributed by atoms with Crippen LogP contribution in [-0.4, -0.2) is 49.1 Å². The molecule has 2 nitrogen and oxygen atoms in total. The van der Waals surface area contributed by atoms with Crippen molar-refractivity contribution in [3.8, 4) is 0 Å². The summed E-state index contributed by atoms with van der Waals surface area (Å²) in [4.78, 5) is 5.48. The number of halogens is 2. The van der Waals surface area contributed by atoms with E-state index in [1.54, 1.807) is 0 Å². The van der Waals surface area contributed by atoms with Crippen LogP contribution in [0.15, 0.2) is 0 Å². The lowest BCUT2D eigenvalue weighted by Crippen LogP contribution is -2.46. The summed E-state index contributed by atoms with van der Waals surface area (Å²) in [5, 5.41) is 0. The highest BCUT2D eigenvalue weighted by Crippen LogP contribution is 2.15. The average Bonchev–Trinajstić information content (AvgIpc) is 2.94.